The first-order chi connectivity index (χ1) is 10.8. The lowest BCUT2D eigenvalue weighted by atomic mass is 9.98. The zero-order valence-corrected chi connectivity index (χ0v) is 15.4. The van der Waals surface area contributed by atoms with E-state index >= 15 is 0 Å². The third kappa shape index (κ3) is 3.99. The number of aromatic nitrogens is 1. The molecule has 1 amide bonds. The van der Waals surface area contributed by atoms with Gasteiger partial charge in [0.2, 0.25) is 5.91 Å². The molecule has 1 aliphatic rings. The van der Waals surface area contributed by atoms with Crippen LogP contribution in [-0.2, 0) is 16.1 Å². The van der Waals surface area contributed by atoms with Crippen LogP contribution >= 0.6 is 23.1 Å². The van der Waals surface area contributed by atoms with Gasteiger partial charge in [-0.25, -0.2) is 4.98 Å². The highest BCUT2D eigenvalue weighted by Gasteiger charge is 2.40. The zero-order valence-electron chi connectivity index (χ0n) is 13.8. The maximum Gasteiger partial charge on any atom is 0.249 e. The summed E-state index contributed by atoms with van der Waals surface area (Å²) in [6.07, 6.45) is 0. The number of thiazole rings is 1. The van der Waals surface area contributed by atoms with Crippen molar-refractivity contribution in [3.63, 3.8) is 0 Å². The van der Waals surface area contributed by atoms with Crippen molar-refractivity contribution in [2.75, 3.05) is 5.75 Å². The third-order valence-corrected chi connectivity index (χ3v) is 5.82. The van der Waals surface area contributed by atoms with E-state index in [2.05, 4.69) is 15.3 Å². The van der Waals surface area contributed by atoms with Crippen LogP contribution in [0.4, 0.5) is 0 Å². The van der Waals surface area contributed by atoms with Crippen molar-refractivity contribution in [2.45, 2.75) is 45.8 Å². The Hall–Kier alpha value is -1.25. The predicted molar refractivity (Wildman–Crippen MR) is 94.9 cm³/mol. The van der Waals surface area contributed by atoms with Gasteiger partial charge in [0.25, 0.3) is 0 Å². The summed E-state index contributed by atoms with van der Waals surface area (Å²) < 4.78 is 0. The average Bonchev–Trinajstić information content (AvgIpc) is 3.10. The number of thioether (sulfide) groups is 1. The number of rotatable bonds is 6. The van der Waals surface area contributed by atoms with Crippen molar-refractivity contribution in [2.24, 2.45) is 16.6 Å². The van der Waals surface area contributed by atoms with Gasteiger partial charge < -0.3 is 11.1 Å². The Morgan fingerprint density at radius 1 is 1.48 bits per heavy atom. The van der Waals surface area contributed by atoms with Gasteiger partial charge in [-0.15, -0.1) is 23.1 Å². The number of Topliss-reactive ketones (excluding diaryl/α,β-unsaturated/α-hetero) is 1. The van der Waals surface area contributed by atoms with E-state index in [1.54, 1.807) is 6.92 Å². The van der Waals surface area contributed by atoms with Crippen LogP contribution in [0.2, 0.25) is 0 Å². The maximum absolute atomic E-state index is 12.6. The molecule has 0 bridgehead atoms. The average molecular weight is 355 g/mol. The Balaban J connectivity index is 2.15. The molecule has 0 fully saturated rings. The zero-order chi connectivity index (χ0) is 17.2. The van der Waals surface area contributed by atoms with E-state index in [4.69, 9.17) is 5.73 Å². The van der Waals surface area contributed by atoms with E-state index in [1.807, 2.05) is 19.2 Å². The lowest BCUT2D eigenvalue weighted by Crippen LogP contribution is -2.51. The molecule has 6 nitrogen and oxygen atoms in total. The second-order valence-corrected chi connectivity index (χ2v) is 8.02. The molecule has 1 aliphatic heterocycles. The molecule has 0 radical (unpaired) electrons. The van der Waals surface area contributed by atoms with Gasteiger partial charge >= 0.3 is 0 Å². The van der Waals surface area contributed by atoms with Crippen LogP contribution in [0.15, 0.2) is 10.4 Å². The molecular formula is C15H22N4O2S2. The second kappa shape index (κ2) is 7.11. The highest BCUT2D eigenvalue weighted by molar-refractivity contribution is 8.14. The second-order valence-electron chi connectivity index (χ2n) is 6.12. The number of carbonyl (C=O) groups excluding carboxylic acids is 2. The number of aliphatic imine (C=N–C) groups is 1. The highest BCUT2D eigenvalue weighted by atomic mass is 32.2. The van der Waals surface area contributed by atoms with E-state index in [0.29, 0.717) is 12.3 Å². The summed E-state index contributed by atoms with van der Waals surface area (Å²) >= 11 is 2.99. The molecule has 23 heavy (non-hydrogen) atoms. The van der Waals surface area contributed by atoms with Gasteiger partial charge in [-0.2, -0.15) is 0 Å². The van der Waals surface area contributed by atoms with Crippen LogP contribution in [0.5, 0.6) is 0 Å². The minimum absolute atomic E-state index is 0.0427. The number of amides is 1. The van der Waals surface area contributed by atoms with Crippen molar-refractivity contribution in [1.29, 1.82) is 0 Å². The molecule has 2 heterocycles. The number of hydrogen-bond donors (Lipinski definition) is 2. The molecule has 0 aromatic carbocycles. The molecule has 8 heteroatoms. The smallest absolute Gasteiger partial charge is 0.249 e. The topological polar surface area (TPSA) is 97.4 Å². The minimum Gasteiger partial charge on any atom is -0.344 e. The van der Waals surface area contributed by atoms with E-state index in [1.165, 1.54) is 30.0 Å². The number of hydrogen-bond acceptors (Lipinski definition) is 7. The Morgan fingerprint density at radius 3 is 2.70 bits per heavy atom. The van der Waals surface area contributed by atoms with Gasteiger partial charge in [-0.3, -0.25) is 14.6 Å². The van der Waals surface area contributed by atoms with Crippen LogP contribution in [0.25, 0.3) is 0 Å². The summed E-state index contributed by atoms with van der Waals surface area (Å²) in [4.78, 5) is 33.3. The van der Waals surface area contributed by atoms with Crippen LogP contribution in [0.1, 0.15) is 38.4 Å². The van der Waals surface area contributed by atoms with Crippen molar-refractivity contribution in [3.8, 4) is 0 Å². The van der Waals surface area contributed by atoms with Crippen LogP contribution in [0.3, 0.4) is 0 Å². The van der Waals surface area contributed by atoms with Crippen molar-refractivity contribution < 1.29 is 9.59 Å². The molecule has 126 valence electrons. The molecule has 1 aromatic rings. The normalized spacial score (nSPS) is 22.1. The Bertz CT molecular complexity index is 641. The summed E-state index contributed by atoms with van der Waals surface area (Å²) in [5.41, 5.74) is 5.47. The quantitative estimate of drug-likeness (QED) is 0.808. The summed E-state index contributed by atoms with van der Waals surface area (Å²) in [5.74, 6) is 0.317. The van der Waals surface area contributed by atoms with Crippen LogP contribution in [0, 0.1) is 5.92 Å². The molecule has 0 saturated heterocycles. The van der Waals surface area contributed by atoms with Gasteiger partial charge in [0.15, 0.2) is 5.78 Å². The van der Waals surface area contributed by atoms with Crippen LogP contribution in [-0.4, -0.2) is 39.1 Å². The SMILES string of the molecule is CC(=O)C(NC(=O)C1(C)CSC(c2csc(CN)n2)=N1)C(C)C. The van der Waals surface area contributed by atoms with Gasteiger partial charge in [0.05, 0.1) is 6.04 Å². The van der Waals surface area contributed by atoms with Gasteiger partial charge in [0, 0.05) is 17.7 Å². The first kappa shape index (κ1) is 18.1. The summed E-state index contributed by atoms with van der Waals surface area (Å²) in [7, 11) is 0. The first-order valence-corrected chi connectivity index (χ1v) is 9.32. The monoisotopic (exact) mass is 354 g/mol. The summed E-state index contributed by atoms with van der Waals surface area (Å²) in [6.45, 7) is 7.51. The predicted octanol–water partition coefficient (Wildman–Crippen LogP) is 1.58. The summed E-state index contributed by atoms with van der Waals surface area (Å²) in [5, 5.41) is 6.34. The number of carbonyl (C=O) groups is 2. The fourth-order valence-electron chi connectivity index (χ4n) is 2.28. The standard InChI is InChI=1S/C15H22N4O2S2/c1-8(2)12(9(3)20)18-14(21)15(4)7-23-13(19-15)10-6-22-11(5-16)17-10/h6,8,12H,5,7,16H2,1-4H3,(H,18,21). The van der Waals surface area contributed by atoms with E-state index in [9.17, 15) is 9.59 Å². The maximum atomic E-state index is 12.6. The number of nitrogens with two attached hydrogens (primary N) is 1. The number of ketones is 1. The molecule has 3 N–H and O–H groups in total. The molecule has 2 unspecified atom stereocenters. The fourth-order valence-corrected chi connectivity index (χ4v) is 4.15. The highest BCUT2D eigenvalue weighted by Crippen LogP contribution is 2.31. The molecule has 2 atom stereocenters. The molecule has 2 rings (SSSR count). The largest absolute Gasteiger partial charge is 0.344 e. The van der Waals surface area contributed by atoms with Gasteiger partial charge in [0.1, 0.15) is 21.3 Å². The Labute approximate surface area is 144 Å². The molecular weight excluding hydrogens is 332 g/mol. The lowest BCUT2D eigenvalue weighted by molar-refractivity contribution is -0.130. The summed E-state index contributed by atoms with van der Waals surface area (Å²) in [6, 6.07) is -0.480. The molecule has 0 spiro atoms. The van der Waals surface area contributed by atoms with Crippen molar-refractivity contribution in [1.82, 2.24) is 10.3 Å². The van der Waals surface area contributed by atoms with E-state index in [0.717, 1.165) is 15.7 Å². The minimum atomic E-state index is -0.880. The lowest BCUT2D eigenvalue weighted by Gasteiger charge is -2.25. The van der Waals surface area contributed by atoms with Gasteiger partial charge in [-0.05, 0) is 19.8 Å². The number of nitrogens with zero attached hydrogens (tertiary/aromatic N) is 2. The van der Waals surface area contributed by atoms with E-state index < -0.39 is 11.6 Å². The molecule has 0 aliphatic carbocycles. The molecule has 0 saturated carbocycles. The van der Waals surface area contributed by atoms with E-state index in [-0.39, 0.29) is 17.6 Å². The first-order valence-electron chi connectivity index (χ1n) is 7.45. The van der Waals surface area contributed by atoms with Crippen molar-refractivity contribution >= 4 is 39.8 Å². The van der Waals surface area contributed by atoms with Crippen LogP contribution < -0.4 is 11.1 Å². The Kier molecular flexibility index (Phi) is 5.59. The Morgan fingerprint density at radius 2 is 2.17 bits per heavy atom. The molecule has 1 aromatic heterocycles. The number of nitrogens with one attached hydrogen (secondary N) is 1. The van der Waals surface area contributed by atoms with Crippen molar-refractivity contribution in [3.05, 3.63) is 16.1 Å². The van der Waals surface area contributed by atoms with Gasteiger partial charge in [-0.1, -0.05) is 13.8 Å². The fraction of sp³-hybridized carbons (Fsp3) is 0.600. The third-order valence-electron chi connectivity index (χ3n) is 3.66.